The number of amides is 2. The van der Waals surface area contributed by atoms with Crippen molar-refractivity contribution in [2.75, 3.05) is 29.9 Å². The summed E-state index contributed by atoms with van der Waals surface area (Å²) in [5, 5.41) is 3.01. The van der Waals surface area contributed by atoms with E-state index in [-0.39, 0.29) is 11.8 Å². The van der Waals surface area contributed by atoms with Gasteiger partial charge in [-0.2, -0.15) is 0 Å². The Labute approximate surface area is 166 Å². The molecule has 2 aromatic carbocycles. The number of nitrogens with one attached hydrogen (secondary N) is 1. The maximum atomic E-state index is 12.6. The highest BCUT2D eigenvalue weighted by Crippen LogP contribution is 2.25. The average Bonchev–Trinajstić information content (AvgIpc) is 3.32. The fourth-order valence-electron chi connectivity index (χ4n) is 4.28. The molecule has 0 bridgehead atoms. The molecule has 28 heavy (non-hydrogen) atoms. The Balaban J connectivity index is 1.35. The summed E-state index contributed by atoms with van der Waals surface area (Å²) in [5.74, 6) is 0.161. The average molecular weight is 377 g/mol. The van der Waals surface area contributed by atoms with Crippen molar-refractivity contribution in [1.29, 1.82) is 0 Å². The zero-order chi connectivity index (χ0) is 19.3. The van der Waals surface area contributed by atoms with E-state index in [0.717, 1.165) is 50.1 Å². The quantitative estimate of drug-likeness (QED) is 0.839. The van der Waals surface area contributed by atoms with Crippen LogP contribution in [0.3, 0.4) is 0 Å². The lowest BCUT2D eigenvalue weighted by molar-refractivity contribution is -0.118. The molecule has 2 heterocycles. The molecule has 2 aliphatic heterocycles. The van der Waals surface area contributed by atoms with E-state index in [0.29, 0.717) is 19.0 Å². The Kier molecular flexibility index (Phi) is 5.72. The summed E-state index contributed by atoms with van der Waals surface area (Å²) in [6.07, 6.45) is 4.76. The second kappa shape index (κ2) is 8.57. The van der Waals surface area contributed by atoms with Crippen LogP contribution >= 0.6 is 0 Å². The first kappa shape index (κ1) is 18.7. The van der Waals surface area contributed by atoms with E-state index in [2.05, 4.69) is 34.5 Å². The smallest absolute Gasteiger partial charge is 0.238 e. The number of anilines is 2. The first-order valence-electron chi connectivity index (χ1n) is 10.2. The van der Waals surface area contributed by atoms with Gasteiger partial charge in [-0.1, -0.05) is 36.4 Å². The van der Waals surface area contributed by atoms with Crippen LogP contribution in [-0.4, -0.2) is 42.4 Å². The van der Waals surface area contributed by atoms with Gasteiger partial charge in [-0.25, -0.2) is 0 Å². The van der Waals surface area contributed by atoms with Gasteiger partial charge in [0.05, 0.1) is 6.54 Å². The van der Waals surface area contributed by atoms with Crippen LogP contribution in [0.4, 0.5) is 11.4 Å². The van der Waals surface area contributed by atoms with Crippen LogP contribution < -0.4 is 10.2 Å². The van der Waals surface area contributed by atoms with Crippen molar-refractivity contribution in [3.63, 3.8) is 0 Å². The minimum Gasteiger partial charge on any atom is -0.325 e. The fourth-order valence-corrected chi connectivity index (χ4v) is 4.28. The molecule has 0 aromatic heterocycles. The summed E-state index contributed by atoms with van der Waals surface area (Å²) < 4.78 is 0. The Morgan fingerprint density at radius 2 is 1.89 bits per heavy atom. The Morgan fingerprint density at radius 1 is 1.04 bits per heavy atom. The lowest BCUT2D eigenvalue weighted by atomic mass is 10.0. The molecular formula is C23H27N3O2. The van der Waals surface area contributed by atoms with Crippen LogP contribution in [0.15, 0.2) is 54.6 Å². The highest BCUT2D eigenvalue weighted by molar-refractivity contribution is 5.97. The van der Waals surface area contributed by atoms with Crippen molar-refractivity contribution in [2.45, 2.75) is 38.1 Å². The van der Waals surface area contributed by atoms with Crippen molar-refractivity contribution in [1.82, 2.24) is 4.90 Å². The van der Waals surface area contributed by atoms with Crippen LogP contribution in [0.2, 0.25) is 0 Å². The molecule has 5 heteroatoms. The van der Waals surface area contributed by atoms with Crippen molar-refractivity contribution in [3.05, 3.63) is 60.2 Å². The molecule has 2 fully saturated rings. The molecule has 0 spiro atoms. The van der Waals surface area contributed by atoms with E-state index in [1.807, 2.05) is 30.3 Å². The van der Waals surface area contributed by atoms with Crippen LogP contribution in [0.25, 0.3) is 0 Å². The molecule has 2 amide bonds. The van der Waals surface area contributed by atoms with E-state index in [9.17, 15) is 9.59 Å². The summed E-state index contributed by atoms with van der Waals surface area (Å²) >= 11 is 0. The van der Waals surface area contributed by atoms with Gasteiger partial charge in [-0.15, -0.1) is 0 Å². The van der Waals surface area contributed by atoms with E-state index >= 15 is 0 Å². The number of carbonyl (C=O) groups excluding carboxylic acids is 2. The van der Waals surface area contributed by atoms with Gasteiger partial charge in [-0.3, -0.25) is 14.5 Å². The molecule has 2 aliphatic rings. The SMILES string of the molecule is O=C(CN1CCC[C@@H]1Cc1ccccc1)Nc1cccc(N2CCCC2=O)c1. The van der Waals surface area contributed by atoms with Crippen molar-refractivity contribution in [2.24, 2.45) is 0 Å². The van der Waals surface area contributed by atoms with Crippen LogP contribution in [0.1, 0.15) is 31.2 Å². The van der Waals surface area contributed by atoms with E-state index < -0.39 is 0 Å². The van der Waals surface area contributed by atoms with Gasteiger partial charge >= 0.3 is 0 Å². The summed E-state index contributed by atoms with van der Waals surface area (Å²) in [6, 6.07) is 18.5. The zero-order valence-corrected chi connectivity index (χ0v) is 16.1. The number of carbonyl (C=O) groups is 2. The molecule has 5 nitrogen and oxygen atoms in total. The van der Waals surface area contributed by atoms with Gasteiger partial charge in [0.15, 0.2) is 0 Å². The summed E-state index contributed by atoms with van der Waals surface area (Å²) in [4.78, 5) is 28.7. The number of likely N-dealkylation sites (tertiary alicyclic amines) is 1. The Hall–Kier alpha value is -2.66. The molecule has 0 aliphatic carbocycles. The second-order valence-electron chi connectivity index (χ2n) is 7.70. The fraction of sp³-hybridized carbons (Fsp3) is 0.391. The van der Waals surface area contributed by atoms with Crippen molar-refractivity contribution in [3.8, 4) is 0 Å². The minimum atomic E-state index is 0.00450. The largest absolute Gasteiger partial charge is 0.325 e. The maximum Gasteiger partial charge on any atom is 0.238 e. The number of hydrogen-bond acceptors (Lipinski definition) is 3. The summed E-state index contributed by atoms with van der Waals surface area (Å²) in [5.41, 5.74) is 2.94. The van der Waals surface area contributed by atoms with E-state index in [4.69, 9.17) is 0 Å². The molecule has 2 aromatic rings. The van der Waals surface area contributed by atoms with Crippen LogP contribution in [0.5, 0.6) is 0 Å². The first-order valence-corrected chi connectivity index (χ1v) is 10.2. The van der Waals surface area contributed by atoms with Crippen molar-refractivity contribution < 1.29 is 9.59 Å². The van der Waals surface area contributed by atoms with Gasteiger partial charge in [0.1, 0.15) is 0 Å². The Morgan fingerprint density at radius 3 is 2.68 bits per heavy atom. The zero-order valence-electron chi connectivity index (χ0n) is 16.1. The van der Waals surface area contributed by atoms with Crippen LogP contribution in [-0.2, 0) is 16.0 Å². The van der Waals surface area contributed by atoms with E-state index in [1.54, 1.807) is 4.90 Å². The predicted molar refractivity (Wildman–Crippen MR) is 111 cm³/mol. The molecule has 0 saturated carbocycles. The molecule has 4 rings (SSSR count). The van der Waals surface area contributed by atoms with Crippen LogP contribution in [0, 0.1) is 0 Å². The van der Waals surface area contributed by atoms with Crippen molar-refractivity contribution >= 4 is 23.2 Å². The standard InChI is InChI=1S/C23H27N3O2/c27-22(17-25-13-5-11-20(25)15-18-7-2-1-3-8-18)24-19-9-4-10-21(16-19)26-14-6-12-23(26)28/h1-4,7-10,16,20H,5-6,11-15,17H2,(H,24,27)/t20-/m1/s1. The normalized spacial score (nSPS) is 19.9. The number of hydrogen-bond donors (Lipinski definition) is 1. The molecule has 2 saturated heterocycles. The second-order valence-corrected chi connectivity index (χ2v) is 7.70. The molecule has 0 unspecified atom stereocenters. The third-order valence-electron chi connectivity index (χ3n) is 5.67. The third-order valence-corrected chi connectivity index (χ3v) is 5.67. The molecular weight excluding hydrogens is 350 g/mol. The first-order chi connectivity index (χ1) is 13.7. The highest BCUT2D eigenvalue weighted by Gasteiger charge is 2.26. The molecule has 1 N–H and O–H groups in total. The lowest BCUT2D eigenvalue weighted by Gasteiger charge is -2.24. The topological polar surface area (TPSA) is 52.7 Å². The maximum absolute atomic E-state index is 12.6. The summed E-state index contributed by atoms with van der Waals surface area (Å²) in [7, 11) is 0. The molecule has 146 valence electrons. The van der Waals surface area contributed by atoms with Gasteiger partial charge in [0, 0.05) is 30.4 Å². The summed E-state index contributed by atoms with van der Waals surface area (Å²) in [6.45, 7) is 2.13. The minimum absolute atomic E-state index is 0.00450. The number of rotatable bonds is 6. The van der Waals surface area contributed by atoms with E-state index in [1.165, 1.54) is 5.56 Å². The predicted octanol–water partition coefficient (Wildman–Crippen LogP) is 3.46. The van der Waals surface area contributed by atoms with Gasteiger partial charge in [0.25, 0.3) is 0 Å². The highest BCUT2D eigenvalue weighted by atomic mass is 16.2. The number of nitrogens with zero attached hydrogens (tertiary/aromatic N) is 2. The number of benzene rings is 2. The third kappa shape index (κ3) is 4.42. The van der Waals surface area contributed by atoms with Gasteiger partial charge in [-0.05, 0) is 56.0 Å². The lowest BCUT2D eigenvalue weighted by Crippen LogP contribution is -2.37. The van der Waals surface area contributed by atoms with Gasteiger partial charge < -0.3 is 10.2 Å². The molecule has 1 atom stereocenters. The molecule has 0 radical (unpaired) electrons. The van der Waals surface area contributed by atoms with Gasteiger partial charge in [0.2, 0.25) is 11.8 Å². The monoisotopic (exact) mass is 377 g/mol. The Bertz CT molecular complexity index is 837.